The standard InChI is InChI=1S/C14H17NO4/c16-14(19-9-10-4-6-17-8-10)11-2-1-3-12-13(11)18-7-5-15-12/h1-3,10,15H,4-9H2. The second kappa shape index (κ2) is 5.48. The first-order valence-corrected chi connectivity index (χ1v) is 6.59. The molecule has 0 radical (unpaired) electrons. The van der Waals surface area contributed by atoms with E-state index >= 15 is 0 Å². The number of nitrogens with one attached hydrogen (secondary N) is 1. The van der Waals surface area contributed by atoms with Crippen LogP contribution in [0.2, 0.25) is 0 Å². The molecular formula is C14H17NO4. The van der Waals surface area contributed by atoms with Gasteiger partial charge in [-0.2, -0.15) is 0 Å². The molecule has 1 aromatic carbocycles. The van der Waals surface area contributed by atoms with Gasteiger partial charge in [-0.1, -0.05) is 6.07 Å². The van der Waals surface area contributed by atoms with E-state index in [0.29, 0.717) is 37.1 Å². The lowest BCUT2D eigenvalue weighted by Gasteiger charge is -2.21. The zero-order valence-electron chi connectivity index (χ0n) is 10.7. The van der Waals surface area contributed by atoms with Crippen LogP contribution in [0.5, 0.6) is 5.75 Å². The number of para-hydroxylation sites is 1. The molecule has 0 spiro atoms. The van der Waals surface area contributed by atoms with Crippen LogP contribution in [0.1, 0.15) is 16.8 Å². The Labute approximate surface area is 111 Å². The van der Waals surface area contributed by atoms with E-state index in [1.54, 1.807) is 6.07 Å². The molecule has 1 saturated heterocycles. The van der Waals surface area contributed by atoms with Crippen molar-refractivity contribution in [1.82, 2.24) is 0 Å². The third-order valence-electron chi connectivity index (χ3n) is 3.37. The molecule has 2 heterocycles. The van der Waals surface area contributed by atoms with Gasteiger partial charge < -0.3 is 19.5 Å². The number of benzene rings is 1. The van der Waals surface area contributed by atoms with Crippen molar-refractivity contribution >= 4 is 11.7 Å². The Hall–Kier alpha value is -1.75. The number of anilines is 1. The smallest absolute Gasteiger partial charge is 0.342 e. The Morgan fingerprint density at radius 3 is 3.21 bits per heavy atom. The number of fused-ring (bicyclic) bond motifs is 1. The van der Waals surface area contributed by atoms with Crippen LogP contribution in [0, 0.1) is 5.92 Å². The summed E-state index contributed by atoms with van der Waals surface area (Å²) in [6, 6.07) is 5.46. The molecule has 2 aliphatic heterocycles. The van der Waals surface area contributed by atoms with Crippen LogP contribution >= 0.6 is 0 Å². The summed E-state index contributed by atoms with van der Waals surface area (Å²) in [7, 11) is 0. The lowest BCUT2D eigenvalue weighted by atomic mass is 10.1. The Balaban J connectivity index is 1.68. The van der Waals surface area contributed by atoms with Crippen LogP contribution in [-0.2, 0) is 9.47 Å². The normalized spacial score (nSPS) is 21.2. The number of ether oxygens (including phenoxy) is 3. The summed E-state index contributed by atoms with van der Waals surface area (Å²) in [5.41, 5.74) is 1.34. The Morgan fingerprint density at radius 2 is 2.37 bits per heavy atom. The first kappa shape index (κ1) is 12.3. The van der Waals surface area contributed by atoms with Crippen LogP contribution in [-0.4, -0.2) is 38.9 Å². The van der Waals surface area contributed by atoms with Gasteiger partial charge in [0, 0.05) is 19.1 Å². The molecule has 0 aromatic heterocycles. The Kier molecular flexibility index (Phi) is 3.55. The molecule has 5 heteroatoms. The number of hydrogen-bond donors (Lipinski definition) is 1. The number of carbonyl (C=O) groups excluding carboxylic acids is 1. The molecule has 1 fully saturated rings. The highest BCUT2D eigenvalue weighted by atomic mass is 16.5. The second-order valence-corrected chi connectivity index (χ2v) is 4.79. The molecule has 102 valence electrons. The predicted molar refractivity (Wildman–Crippen MR) is 69.6 cm³/mol. The molecule has 0 aliphatic carbocycles. The highest BCUT2D eigenvalue weighted by molar-refractivity contribution is 5.95. The van der Waals surface area contributed by atoms with Gasteiger partial charge in [-0.3, -0.25) is 0 Å². The third kappa shape index (κ3) is 2.66. The van der Waals surface area contributed by atoms with E-state index in [0.717, 1.165) is 25.3 Å². The summed E-state index contributed by atoms with van der Waals surface area (Å²) < 4.78 is 16.2. The van der Waals surface area contributed by atoms with Crippen molar-refractivity contribution in [3.05, 3.63) is 23.8 Å². The van der Waals surface area contributed by atoms with Gasteiger partial charge in [0.25, 0.3) is 0 Å². The fraction of sp³-hybridized carbons (Fsp3) is 0.500. The van der Waals surface area contributed by atoms with Gasteiger partial charge in [0.05, 0.1) is 18.9 Å². The molecule has 2 aliphatic rings. The van der Waals surface area contributed by atoms with Crippen molar-refractivity contribution in [2.75, 3.05) is 38.3 Å². The maximum Gasteiger partial charge on any atom is 0.342 e. The zero-order valence-corrected chi connectivity index (χ0v) is 10.7. The zero-order chi connectivity index (χ0) is 13.1. The minimum absolute atomic E-state index is 0.322. The fourth-order valence-corrected chi connectivity index (χ4v) is 2.32. The molecule has 1 N–H and O–H groups in total. The molecule has 1 atom stereocenters. The van der Waals surface area contributed by atoms with E-state index in [4.69, 9.17) is 14.2 Å². The van der Waals surface area contributed by atoms with Crippen LogP contribution < -0.4 is 10.1 Å². The van der Waals surface area contributed by atoms with Crippen molar-refractivity contribution in [3.8, 4) is 5.75 Å². The van der Waals surface area contributed by atoms with Crippen LogP contribution in [0.4, 0.5) is 5.69 Å². The Bertz CT molecular complexity index is 469. The van der Waals surface area contributed by atoms with Crippen molar-refractivity contribution in [2.45, 2.75) is 6.42 Å². The minimum atomic E-state index is -0.326. The number of esters is 1. The van der Waals surface area contributed by atoms with Crippen LogP contribution in [0.15, 0.2) is 18.2 Å². The van der Waals surface area contributed by atoms with Gasteiger partial charge in [-0.25, -0.2) is 4.79 Å². The second-order valence-electron chi connectivity index (χ2n) is 4.79. The van der Waals surface area contributed by atoms with E-state index in [1.165, 1.54) is 0 Å². The first-order valence-electron chi connectivity index (χ1n) is 6.59. The molecule has 0 saturated carbocycles. The molecular weight excluding hydrogens is 246 g/mol. The van der Waals surface area contributed by atoms with Gasteiger partial charge in [-0.05, 0) is 18.6 Å². The molecule has 0 bridgehead atoms. The predicted octanol–water partition coefficient (Wildman–Crippen LogP) is 1.68. The first-order chi connectivity index (χ1) is 9.34. The highest BCUT2D eigenvalue weighted by Gasteiger charge is 2.22. The summed E-state index contributed by atoms with van der Waals surface area (Å²) >= 11 is 0. The van der Waals surface area contributed by atoms with E-state index in [1.807, 2.05) is 12.1 Å². The van der Waals surface area contributed by atoms with Gasteiger partial charge in [0.15, 0.2) is 5.75 Å². The van der Waals surface area contributed by atoms with Gasteiger partial charge in [0.1, 0.15) is 12.2 Å². The number of rotatable bonds is 3. The average Bonchev–Trinajstić information content (AvgIpc) is 2.97. The van der Waals surface area contributed by atoms with E-state index in [-0.39, 0.29) is 5.97 Å². The topological polar surface area (TPSA) is 56.8 Å². The largest absolute Gasteiger partial charge is 0.489 e. The van der Waals surface area contributed by atoms with Gasteiger partial charge >= 0.3 is 5.97 Å². The van der Waals surface area contributed by atoms with Crippen LogP contribution in [0.25, 0.3) is 0 Å². The maximum atomic E-state index is 12.1. The van der Waals surface area contributed by atoms with E-state index < -0.39 is 0 Å². The quantitative estimate of drug-likeness (QED) is 0.841. The highest BCUT2D eigenvalue weighted by Crippen LogP contribution is 2.31. The monoisotopic (exact) mass is 263 g/mol. The summed E-state index contributed by atoms with van der Waals surface area (Å²) in [5.74, 6) is 0.594. The van der Waals surface area contributed by atoms with Crippen molar-refractivity contribution in [1.29, 1.82) is 0 Å². The fourth-order valence-electron chi connectivity index (χ4n) is 2.32. The minimum Gasteiger partial charge on any atom is -0.489 e. The lowest BCUT2D eigenvalue weighted by molar-refractivity contribution is 0.0423. The summed E-state index contributed by atoms with van der Waals surface area (Å²) in [6.45, 7) is 3.17. The third-order valence-corrected chi connectivity index (χ3v) is 3.37. The van der Waals surface area contributed by atoms with Crippen molar-refractivity contribution in [3.63, 3.8) is 0 Å². The van der Waals surface area contributed by atoms with Gasteiger partial charge in [-0.15, -0.1) is 0 Å². The Morgan fingerprint density at radius 1 is 1.42 bits per heavy atom. The van der Waals surface area contributed by atoms with Crippen molar-refractivity contribution in [2.24, 2.45) is 5.92 Å². The van der Waals surface area contributed by atoms with E-state index in [9.17, 15) is 4.79 Å². The lowest BCUT2D eigenvalue weighted by Crippen LogP contribution is -2.21. The number of carbonyl (C=O) groups is 1. The van der Waals surface area contributed by atoms with Crippen LogP contribution in [0.3, 0.4) is 0 Å². The number of hydrogen-bond acceptors (Lipinski definition) is 5. The molecule has 1 aromatic rings. The SMILES string of the molecule is O=C(OCC1CCOC1)c1cccc2c1OCCN2. The van der Waals surface area contributed by atoms with Crippen molar-refractivity contribution < 1.29 is 19.0 Å². The summed E-state index contributed by atoms with van der Waals surface area (Å²) in [4.78, 5) is 12.1. The molecule has 1 unspecified atom stereocenters. The molecule has 3 rings (SSSR count). The van der Waals surface area contributed by atoms with Gasteiger partial charge in [0.2, 0.25) is 0 Å². The average molecular weight is 263 g/mol. The molecule has 0 amide bonds. The molecule has 19 heavy (non-hydrogen) atoms. The molecule has 5 nitrogen and oxygen atoms in total. The summed E-state index contributed by atoms with van der Waals surface area (Å²) in [5, 5.41) is 3.20. The maximum absolute atomic E-state index is 12.1. The summed E-state index contributed by atoms with van der Waals surface area (Å²) in [6.07, 6.45) is 0.957. The van der Waals surface area contributed by atoms with E-state index in [2.05, 4.69) is 5.32 Å².